The minimum atomic E-state index is -0.731. The Balaban J connectivity index is 2.58. The van der Waals surface area contributed by atoms with E-state index >= 15 is 0 Å². The van der Waals surface area contributed by atoms with Gasteiger partial charge in [0.2, 0.25) is 5.91 Å². The molecule has 1 unspecified atom stereocenters. The first-order valence-electron chi connectivity index (χ1n) is 5.99. The third kappa shape index (κ3) is 4.78. The van der Waals surface area contributed by atoms with Crippen LogP contribution in [-0.2, 0) is 4.79 Å². The first-order chi connectivity index (χ1) is 8.81. The van der Waals surface area contributed by atoms with Crippen LogP contribution in [0, 0.1) is 17.6 Å². The molecule has 0 aliphatic carbocycles. The highest BCUT2D eigenvalue weighted by molar-refractivity contribution is 9.10. The maximum atomic E-state index is 13.4. The second-order valence-corrected chi connectivity index (χ2v) is 5.55. The van der Waals surface area contributed by atoms with Crippen LogP contribution in [0.1, 0.15) is 20.8 Å². The molecule has 19 heavy (non-hydrogen) atoms. The van der Waals surface area contributed by atoms with Crippen LogP contribution in [0.2, 0.25) is 0 Å². The number of anilines is 1. The summed E-state index contributed by atoms with van der Waals surface area (Å²) in [6.07, 6.45) is 0. The van der Waals surface area contributed by atoms with E-state index in [1.165, 1.54) is 6.07 Å². The van der Waals surface area contributed by atoms with Gasteiger partial charge in [-0.25, -0.2) is 8.78 Å². The Morgan fingerprint density at radius 1 is 1.26 bits per heavy atom. The molecule has 0 saturated heterocycles. The van der Waals surface area contributed by atoms with Gasteiger partial charge in [0, 0.05) is 12.1 Å². The van der Waals surface area contributed by atoms with E-state index in [1.54, 1.807) is 0 Å². The summed E-state index contributed by atoms with van der Waals surface area (Å²) in [5.41, 5.74) is 0.0839. The zero-order valence-electron chi connectivity index (χ0n) is 11.1. The van der Waals surface area contributed by atoms with Crippen molar-refractivity contribution < 1.29 is 13.6 Å². The molecule has 1 rings (SSSR count). The zero-order chi connectivity index (χ0) is 14.6. The van der Waals surface area contributed by atoms with Crippen LogP contribution in [0.3, 0.4) is 0 Å². The molecule has 0 aromatic heterocycles. The highest BCUT2D eigenvalue weighted by atomic mass is 79.9. The molecule has 0 fully saturated rings. The fourth-order valence-electron chi connectivity index (χ4n) is 1.31. The molecule has 1 aromatic carbocycles. The molecular formula is C13H17BrF2N2O. The molecule has 0 spiro atoms. The van der Waals surface area contributed by atoms with E-state index in [0.29, 0.717) is 5.92 Å². The van der Waals surface area contributed by atoms with E-state index in [4.69, 9.17) is 0 Å². The van der Waals surface area contributed by atoms with Crippen LogP contribution in [-0.4, -0.2) is 18.5 Å². The van der Waals surface area contributed by atoms with E-state index < -0.39 is 11.6 Å². The lowest BCUT2D eigenvalue weighted by Gasteiger charge is -2.18. The number of carbonyl (C=O) groups excluding carboxylic acids is 1. The normalized spacial score (nSPS) is 12.4. The molecule has 3 nitrogen and oxygen atoms in total. The summed E-state index contributed by atoms with van der Waals surface area (Å²) in [5, 5.41) is 5.43. The molecule has 106 valence electrons. The number of rotatable bonds is 5. The average Bonchev–Trinajstić information content (AvgIpc) is 2.32. The molecule has 0 aliphatic heterocycles. The van der Waals surface area contributed by atoms with Crippen LogP contribution in [0.4, 0.5) is 14.5 Å². The molecule has 1 atom stereocenters. The SMILES string of the molecule is CC(C)C(C)NC(=O)CNc1cc(Br)c(F)cc1F. The van der Waals surface area contributed by atoms with Crippen molar-refractivity contribution in [3.05, 3.63) is 28.2 Å². The number of nitrogens with one attached hydrogen (secondary N) is 2. The number of amides is 1. The van der Waals surface area contributed by atoms with Gasteiger partial charge in [-0.1, -0.05) is 13.8 Å². The van der Waals surface area contributed by atoms with Crippen molar-refractivity contribution in [1.29, 1.82) is 0 Å². The van der Waals surface area contributed by atoms with Crippen molar-refractivity contribution in [3.63, 3.8) is 0 Å². The van der Waals surface area contributed by atoms with Gasteiger partial charge in [-0.05, 0) is 34.8 Å². The van der Waals surface area contributed by atoms with Gasteiger partial charge in [-0.2, -0.15) is 0 Å². The topological polar surface area (TPSA) is 41.1 Å². The lowest BCUT2D eigenvalue weighted by molar-refractivity contribution is -0.120. The van der Waals surface area contributed by atoms with E-state index in [-0.39, 0.29) is 28.7 Å². The molecule has 2 N–H and O–H groups in total. The van der Waals surface area contributed by atoms with E-state index in [0.717, 1.165) is 6.07 Å². The maximum Gasteiger partial charge on any atom is 0.239 e. The molecular weight excluding hydrogens is 318 g/mol. The Kier molecular flexibility index (Phi) is 5.72. The highest BCUT2D eigenvalue weighted by Crippen LogP contribution is 2.23. The summed E-state index contributed by atoms with van der Waals surface area (Å²) in [7, 11) is 0. The van der Waals surface area contributed by atoms with Gasteiger partial charge in [0.15, 0.2) is 0 Å². The standard InChI is InChI=1S/C13H17BrF2N2O/c1-7(2)8(3)18-13(19)6-17-12-4-9(14)10(15)5-11(12)16/h4-5,7-8,17H,6H2,1-3H3,(H,18,19). The fraction of sp³-hybridized carbons (Fsp3) is 0.462. The lowest BCUT2D eigenvalue weighted by Crippen LogP contribution is -2.39. The van der Waals surface area contributed by atoms with E-state index in [9.17, 15) is 13.6 Å². The van der Waals surface area contributed by atoms with Crippen molar-refractivity contribution in [2.75, 3.05) is 11.9 Å². The van der Waals surface area contributed by atoms with Gasteiger partial charge >= 0.3 is 0 Å². The zero-order valence-corrected chi connectivity index (χ0v) is 12.6. The monoisotopic (exact) mass is 334 g/mol. The minimum absolute atomic E-state index is 0.0408. The minimum Gasteiger partial charge on any atom is -0.374 e. The Hall–Kier alpha value is -1.17. The van der Waals surface area contributed by atoms with Crippen LogP contribution in [0.15, 0.2) is 16.6 Å². The smallest absolute Gasteiger partial charge is 0.239 e. The van der Waals surface area contributed by atoms with Crippen molar-refractivity contribution >= 4 is 27.5 Å². The predicted molar refractivity (Wildman–Crippen MR) is 75.0 cm³/mol. The average molecular weight is 335 g/mol. The summed E-state index contributed by atoms with van der Waals surface area (Å²) in [4.78, 5) is 11.6. The molecule has 0 saturated carbocycles. The van der Waals surface area contributed by atoms with Crippen LogP contribution >= 0.6 is 15.9 Å². The van der Waals surface area contributed by atoms with Crippen LogP contribution in [0.25, 0.3) is 0 Å². The van der Waals surface area contributed by atoms with Gasteiger partial charge < -0.3 is 10.6 Å². The third-order valence-corrected chi connectivity index (χ3v) is 3.45. The second kappa shape index (κ2) is 6.84. The van der Waals surface area contributed by atoms with Crippen molar-refractivity contribution in [2.24, 2.45) is 5.92 Å². The Labute approximate surface area is 119 Å². The van der Waals surface area contributed by atoms with Crippen LogP contribution in [0.5, 0.6) is 0 Å². The molecule has 6 heteroatoms. The summed E-state index contributed by atoms with van der Waals surface area (Å²) in [6, 6.07) is 2.07. The van der Waals surface area contributed by atoms with Gasteiger partial charge in [0.25, 0.3) is 0 Å². The van der Waals surface area contributed by atoms with Crippen molar-refractivity contribution in [3.8, 4) is 0 Å². The van der Waals surface area contributed by atoms with Gasteiger partial charge in [-0.3, -0.25) is 4.79 Å². The largest absolute Gasteiger partial charge is 0.374 e. The van der Waals surface area contributed by atoms with Crippen molar-refractivity contribution in [1.82, 2.24) is 5.32 Å². The molecule has 1 aromatic rings. The Bertz CT molecular complexity index is 466. The maximum absolute atomic E-state index is 13.4. The lowest BCUT2D eigenvalue weighted by atomic mass is 10.1. The molecule has 0 bridgehead atoms. The predicted octanol–water partition coefficient (Wildman–Crippen LogP) is 3.30. The summed E-state index contributed by atoms with van der Waals surface area (Å²) in [6.45, 7) is 5.83. The van der Waals surface area contributed by atoms with Gasteiger partial charge in [0.1, 0.15) is 11.6 Å². The first-order valence-corrected chi connectivity index (χ1v) is 6.78. The number of halogens is 3. The Morgan fingerprint density at radius 2 is 1.89 bits per heavy atom. The number of hydrogen-bond acceptors (Lipinski definition) is 2. The molecule has 0 heterocycles. The van der Waals surface area contributed by atoms with E-state index in [2.05, 4.69) is 26.6 Å². The number of hydrogen-bond donors (Lipinski definition) is 2. The molecule has 0 radical (unpaired) electrons. The highest BCUT2D eigenvalue weighted by Gasteiger charge is 2.12. The fourth-order valence-corrected chi connectivity index (χ4v) is 1.65. The third-order valence-electron chi connectivity index (χ3n) is 2.84. The quantitative estimate of drug-likeness (QED) is 0.811. The number of benzene rings is 1. The summed E-state index contributed by atoms with van der Waals surface area (Å²) < 4.78 is 26.6. The van der Waals surface area contributed by atoms with Gasteiger partial charge in [-0.15, -0.1) is 0 Å². The van der Waals surface area contributed by atoms with E-state index in [1.807, 2.05) is 20.8 Å². The second-order valence-electron chi connectivity index (χ2n) is 4.70. The summed E-state index contributed by atoms with van der Waals surface area (Å²) >= 11 is 2.96. The number of carbonyl (C=O) groups is 1. The first kappa shape index (κ1) is 15.9. The van der Waals surface area contributed by atoms with Crippen molar-refractivity contribution in [2.45, 2.75) is 26.8 Å². The molecule has 0 aliphatic rings. The van der Waals surface area contributed by atoms with Crippen LogP contribution < -0.4 is 10.6 Å². The van der Waals surface area contributed by atoms with Gasteiger partial charge in [0.05, 0.1) is 16.7 Å². The molecule has 1 amide bonds. The summed E-state index contributed by atoms with van der Waals surface area (Å²) in [5.74, 6) is -1.33. The Morgan fingerprint density at radius 3 is 2.47 bits per heavy atom.